The second-order valence-corrected chi connectivity index (χ2v) is 8.00. The topological polar surface area (TPSA) is 55.2 Å². The molecule has 2 aromatic carbocycles. The van der Waals surface area contributed by atoms with Crippen molar-refractivity contribution in [2.45, 2.75) is 38.1 Å². The zero-order valence-electron chi connectivity index (χ0n) is 14.3. The Hall–Kier alpha value is -2.36. The summed E-state index contributed by atoms with van der Waals surface area (Å²) in [6, 6.07) is 14.5. The molecule has 0 aromatic heterocycles. The summed E-state index contributed by atoms with van der Waals surface area (Å²) in [5, 5.41) is 15.0. The number of hydrogen-bond donors (Lipinski definition) is 1. The summed E-state index contributed by atoms with van der Waals surface area (Å²) in [4.78, 5) is 11.0. The predicted octanol–water partition coefficient (Wildman–Crippen LogP) is 5.20. The van der Waals surface area contributed by atoms with Gasteiger partial charge in [0.25, 0.3) is 5.69 Å². The van der Waals surface area contributed by atoms with E-state index in [2.05, 4.69) is 36.5 Å². The van der Waals surface area contributed by atoms with Crippen molar-refractivity contribution in [3.63, 3.8) is 0 Å². The molecule has 2 aliphatic carbocycles. The number of benzene rings is 2. The van der Waals surface area contributed by atoms with E-state index in [0.29, 0.717) is 23.8 Å². The number of nitrogens with zero attached hydrogens (tertiary/aromatic N) is 1. The normalized spacial score (nSPS) is 32.0. The van der Waals surface area contributed by atoms with E-state index in [1.165, 1.54) is 36.0 Å². The van der Waals surface area contributed by atoms with Crippen molar-refractivity contribution >= 4 is 11.4 Å². The van der Waals surface area contributed by atoms with E-state index in [-0.39, 0.29) is 10.6 Å². The van der Waals surface area contributed by atoms with Crippen molar-refractivity contribution < 1.29 is 4.92 Å². The zero-order valence-corrected chi connectivity index (χ0v) is 14.3. The van der Waals surface area contributed by atoms with Gasteiger partial charge in [0, 0.05) is 17.8 Å². The number of non-ortho nitro benzene ring substituents is 1. The second-order valence-electron chi connectivity index (χ2n) is 8.00. The van der Waals surface area contributed by atoms with Crippen LogP contribution in [-0.2, 0) is 0 Å². The number of hydrogen-bond acceptors (Lipinski definition) is 3. The molecular formula is C21H22N2O2. The zero-order chi connectivity index (χ0) is 17.1. The van der Waals surface area contributed by atoms with Gasteiger partial charge in [-0.05, 0) is 67.1 Å². The van der Waals surface area contributed by atoms with Gasteiger partial charge in [-0.25, -0.2) is 0 Å². The van der Waals surface area contributed by atoms with Crippen LogP contribution >= 0.6 is 0 Å². The van der Waals surface area contributed by atoms with Gasteiger partial charge in [-0.15, -0.1) is 0 Å². The minimum absolute atomic E-state index is 0.219. The Morgan fingerprint density at radius 3 is 2.76 bits per heavy atom. The van der Waals surface area contributed by atoms with Crippen molar-refractivity contribution in [2.75, 3.05) is 5.32 Å². The maximum Gasteiger partial charge on any atom is 0.269 e. The number of nitro benzene ring substituents is 1. The molecule has 3 aliphatic rings. The van der Waals surface area contributed by atoms with Crippen LogP contribution in [0.1, 0.15) is 47.9 Å². The van der Waals surface area contributed by atoms with Gasteiger partial charge in [0.1, 0.15) is 0 Å². The average Bonchev–Trinajstić information content (AvgIpc) is 3.22. The molecule has 2 saturated carbocycles. The maximum absolute atomic E-state index is 11.2. The van der Waals surface area contributed by atoms with Gasteiger partial charge in [0.05, 0.1) is 11.0 Å². The first-order chi connectivity index (χ1) is 12.1. The molecule has 4 heteroatoms. The predicted molar refractivity (Wildman–Crippen MR) is 97.7 cm³/mol. The van der Waals surface area contributed by atoms with Crippen LogP contribution in [0.25, 0.3) is 0 Å². The number of nitrogens with one attached hydrogen (secondary N) is 1. The molecule has 5 atom stereocenters. The van der Waals surface area contributed by atoms with Gasteiger partial charge in [0.2, 0.25) is 0 Å². The van der Waals surface area contributed by atoms with Crippen LogP contribution in [0.3, 0.4) is 0 Å². The Morgan fingerprint density at radius 2 is 1.96 bits per heavy atom. The number of fused-ring (bicyclic) bond motifs is 7. The van der Waals surface area contributed by atoms with Crippen molar-refractivity contribution in [1.29, 1.82) is 0 Å². The lowest BCUT2D eigenvalue weighted by Crippen LogP contribution is -2.35. The molecule has 2 bridgehead atoms. The smallest absolute Gasteiger partial charge is 0.269 e. The Bertz CT molecular complexity index is 863. The molecule has 2 aromatic rings. The van der Waals surface area contributed by atoms with Crippen LogP contribution < -0.4 is 5.32 Å². The quantitative estimate of drug-likeness (QED) is 0.606. The van der Waals surface area contributed by atoms with E-state index in [0.717, 1.165) is 11.6 Å². The minimum atomic E-state index is -0.269. The maximum atomic E-state index is 11.2. The highest BCUT2D eigenvalue weighted by Crippen LogP contribution is 2.63. The van der Waals surface area contributed by atoms with Crippen LogP contribution in [0.4, 0.5) is 11.4 Å². The molecule has 0 unspecified atom stereocenters. The molecule has 2 fully saturated rings. The summed E-state index contributed by atoms with van der Waals surface area (Å²) < 4.78 is 0. The molecule has 1 aliphatic heterocycles. The fourth-order valence-electron chi connectivity index (χ4n) is 5.78. The van der Waals surface area contributed by atoms with E-state index in [4.69, 9.17) is 0 Å². The third kappa shape index (κ3) is 2.20. The van der Waals surface area contributed by atoms with Crippen LogP contribution in [0.2, 0.25) is 0 Å². The van der Waals surface area contributed by atoms with Crippen molar-refractivity contribution in [1.82, 2.24) is 0 Å². The number of nitro groups is 1. The van der Waals surface area contributed by atoms with Gasteiger partial charge in [-0.2, -0.15) is 0 Å². The minimum Gasteiger partial charge on any atom is -0.378 e. The van der Waals surface area contributed by atoms with Crippen LogP contribution in [-0.4, -0.2) is 4.92 Å². The van der Waals surface area contributed by atoms with Crippen molar-refractivity contribution in [2.24, 2.45) is 17.8 Å². The highest BCUT2D eigenvalue weighted by atomic mass is 16.6. The second kappa shape index (κ2) is 5.32. The van der Waals surface area contributed by atoms with Crippen molar-refractivity contribution in [3.8, 4) is 0 Å². The lowest BCUT2D eigenvalue weighted by atomic mass is 9.68. The van der Waals surface area contributed by atoms with Crippen LogP contribution in [0, 0.1) is 34.8 Å². The van der Waals surface area contributed by atoms with Gasteiger partial charge < -0.3 is 5.32 Å². The summed E-state index contributed by atoms with van der Waals surface area (Å²) in [6.45, 7) is 2.14. The van der Waals surface area contributed by atoms with E-state index >= 15 is 0 Å². The molecule has 0 radical (unpaired) electrons. The first-order valence-corrected chi connectivity index (χ1v) is 9.23. The van der Waals surface area contributed by atoms with E-state index in [1.54, 1.807) is 6.07 Å². The fourth-order valence-corrected chi connectivity index (χ4v) is 5.78. The molecule has 0 saturated heterocycles. The van der Waals surface area contributed by atoms with E-state index < -0.39 is 0 Å². The molecular weight excluding hydrogens is 312 g/mol. The fraction of sp³-hybridized carbons (Fsp3) is 0.429. The Labute approximate surface area is 147 Å². The molecule has 1 heterocycles. The number of anilines is 1. The standard InChI is InChI=1S/C21H22N2O2/c1-12-3-2-4-15(9-12)21-20-14-6-5-13(10-14)19(20)17-11-16(23(24)25)7-8-18(17)22-21/h2-4,7-9,11,13-14,19-22H,5-6,10H2,1H3/t13-,14-,19+,20+,21-/m0/s1. The Morgan fingerprint density at radius 1 is 1.12 bits per heavy atom. The molecule has 25 heavy (non-hydrogen) atoms. The van der Waals surface area contributed by atoms with Gasteiger partial charge >= 0.3 is 0 Å². The molecule has 0 spiro atoms. The largest absolute Gasteiger partial charge is 0.378 e. The molecule has 0 amide bonds. The average molecular weight is 334 g/mol. The molecule has 1 N–H and O–H groups in total. The summed E-state index contributed by atoms with van der Waals surface area (Å²) in [6.07, 6.45) is 3.86. The summed E-state index contributed by atoms with van der Waals surface area (Å²) in [5.41, 5.74) is 5.12. The monoisotopic (exact) mass is 334 g/mol. The SMILES string of the molecule is Cc1cccc([C@@H]2Nc3ccc([N+](=O)[O-])cc3[C@H]3[C@H]4CC[C@@H](C4)[C@H]32)c1. The lowest BCUT2D eigenvalue weighted by molar-refractivity contribution is -0.384. The van der Waals surface area contributed by atoms with Crippen LogP contribution in [0.5, 0.6) is 0 Å². The van der Waals surface area contributed by atoms with Crippen LogP contribution in [0.15, 0.2) is 42.5 Å². The van der Waals surface area contributed by atoms with Crippen molar-refractivity contribution in [3.05, 3.63) is 69.3 Å². The Balaban J connectivity index is 1.64. The lowest BCUT2D eigenvalue weighted by Gasteiger charge is -2.43. The van der Waals surface area contributed by atoms with Gasteiger partial charge in [-0.1, -0.05) is 29.8 Å². The van der Waals surface area contributed by atoms with Gasteiger partial charge in [-0.3, -0.25) is 10.1 Å². The first kappa shape index (κ1) is 14.9. The highest BCUT2D eigenvalue weighted by molar-refractivity contribution is 5.62. The molecule has 128 valence electrons. The highest BCUT2D eigenvalue weighted by Gasteiger charge is 2.54. The number of aryl methyl sites for hydroxylation is 1. The summed E-state index contributed by atoms with van der Waals surface area (Å²) >= 11 is 0. The molecule has 5 rings (SSSR count). The van der Waals surface area contributed by atoms with E-state index in [1.807, 2.05) is 12.1 Å². The first-order valence-electron chi connectivity index (χ1n) is 9.23. The molecule has 4 nitrogen and oxygen atoms in total. The Kier molecular flexibility index (Phi) is 3.18. The third-order valence-electron chi connectivity index (χ3n) is 6.68. The third-order valence-corrected chi connectivity index (χ3v) is 6.68. The van der Waals surface area contributed by atoms with Gasteiger partial charge in [0.15, 0.2) is 0 Å². The summed E-state index contributed by atoms with van der Waals surface area (Å²) in [5.74, 6) is 2.43. The summed E-state index contributed by atoms with van der Waals surface area (Å²) in [7, 11) is 0. The van der Waals surface area contributed by atoms with E-state index in [9.17, 15) is 10.1 Å². The number of rotatable bonds is 2.